The molecule has 0 spiro atoms. The standard InChI is InChI=1S/C13H23F3O2S/c1-10(2)11(12(17)18-3)19-9-7-5-4-6-8-13(14,15)16/h10-11H,4-9H2,1-3H3. The first-order valence-corrected chi connectivity index (χ1v) is 7.59. The molecule has 0 saturated heterocycles. The van der Waals surface area contributed by atoms with Crippen LogP contribution in [0.25, 0.3) is 0 Å². The third-order valence-corrected chi connectivity index (χ3v) is 4.31. The van der Waals surface area contributed by atoms with Crippen LogP contribution in [0.1, 0.15) is 46.0 Å². The fraction of sp³-hybridized carbons (Fsp3) is 0.923. The van der Waals surface area contributed by atoms with Crippen LogP contribution in [-0.4, -0.2) is 30.3 Å². The fourth-order valence-corrected chi connectivity index (χ4v) is 2.88. The number of halogens is 3. The van der Waals surface area contributed by atoms with Gasteiger partial charge in [0.1, 0.15) is 5.25 Å². The molecule has 0 aromatic rings. The van der Waals surface area contributed by atoms with Gasteiger partial charge < -0.3 is 4.74 Å². The maximum atomic E-state index is 11.9. The number of carbonyl (C=O) groups excluding carboxylic acids is 1. The zero-order chi connectivity index (χ0) is 14.9. The smallest absolute Gasteiger partial charge is 0.389 e. The van der Waals surface area contributed by atoms with Gasteiger partial charge in [-0.1, -0.05) is 26.7 Å². The Kier molecular flexibility index (Phi) is 9.31. The van der Waals surface area contributed by atoms with Gasteiger partial charge in [-0.2, -0.15) is 13.2 Å². The lowest BCUT2D eigenvalue weighted by Gasteiger charge is -2.17. The molecular formula is C13H23F3O2S. The Morgan fingerprint density at radius 3 is 2.21 bits per heavy atom. The lowest BCUT2D eigenvalue weighted by molar-refractivity contribution is -0.140. The second kappa shape index (κ2) is 9.50. The number of thioether (sulfide) groups is 1. The number of hydrogen-bond acceptors (Lipinski definition) is 3. The highest BCUT2D eigenvalue weighted by Gasteiger charge is 2.26. The third-order valence-electron chi connectivity index (χ3n) is 2.69. The van der Waals surface area contributed by atoms with E-state index in [0.717, 1.165) is 18.6 Å². The fourth-order valence-electron chi connectivity index (χ4n) is 1.64. The Labute approximate surface area is 117 Å². The van der Waals surface area contributed by atoms with E-state index in [1.165, 1.54) is 18.9 Å². The van der Waals surface area contributed by atoms with E-state index in [9.17, 15) is 18.0 Å². The molecular weight excluding hydrogens is 277 g/mol. The van der Waals surface area contributed by atoms with Gasteiger partial charge in [0.25, 0.3) is 0 Å². The number of alkyl halides is 3. The molecule has 0 bridgehead atoms. The van der Waals surface area contributed by atoms with Crippen molar-refractivity contribution in [1.82, 2.24) is 0 Å². The van der Waals surface area contributed by atoms with Crippen LogP contribution in [0.4, 0.5) is 13.2 Å². The molecule has 0 radical (unpaired) electrons. The molecule has 0 amide bonds. The number of rotatable bonds is 9. The van der Waals surface area contributed by atoms with Gasteiger partial charge in [-0.05, 0) is 24.5 Å². The van der Waals surface area contributed by atoms with Crippen molar-refractivity contribution in [1.29, 1.82) is 0 Å². The van der Waals surface area contributed by atoms with Crippen LogP contribution in [0, 0.1) is 5.92 Å². The van der Waals surface area contributed by atoms with E-state index < -0.39 is 12.6 Å². The zero-order valence-corrected chi connectivity index (χ0v) is 12.6. The molecule has 0 saturated carbocycles. The minimum absolute atomic E-state index is 0.180. The van der Waals surface area contributed by atoms with Crippen LogP contribution in [0.15, 0.2) is 0 Å². The van der Waals surface area contributed by atoms with E-state index in [4.69, 9.17) is 4.74 Å². The summed E-state index contributed by atoms with van der Waals surface area (Å²) in [5.74, 6) is 0.754. The average Bonchev–Trinajstić information content (AvgIpc) is 2.30. The summed E-state index contributed by atoms with van der Waals surface area (Å²) in [4.78, 5) is 11.5. The van der Waals surface area contributed by atoms with E-state index in [-0.39, 0.29) is 23.6 Å². The molecule has 1 atom stereocenters. The molecule has 0 fully saturated rings. The van der Waals surface area contributed by atoms with Gasteiger partial charge in [0, 0.05) is 6.42 Å². The minimum Gasteiger partial charge on any atom is -0.468 e. The summed E-state index contributed by atoms with van der Waals surface area (Å²) in [6.45, 7) is 3.91. The number of esters is 1. The second-order valence-corrected chi connectivity index (χ2v) is 6.09. The topological polar surface area (TPSA) is 26.3 Å². The summed E-state index contributed by atoms with van der Waals surface area (Å²) < 4.78 is 40.4. The molecule has 6 heteroatoms. The zero-order valence-electron chi connectivity index (χ0n) is 11.8. The van der Waals surface area contributed by atoms with Gasteiger partial charge in [0.15, 0.2) is 0 Å². The van der Waals surface area contributed by atoms with Crippen LogP contribution in [-0.2, 0) is 9.53 Å². The van der Waals surface area contributed by atoms with Crippen LogP contribution in [0.3, 0.4) is 0 Å². The van der Waals surface area contributed by atoms with E-state index in [1.807, 2.05) is 13.8 Å². The Balaban J connectivity index is 3.64. The summed E-state index contributed by atoms with van der Waals surface area (Å²) in [5.41, 5.74) is 0. The highest BCUT2D eigenvalue weighted by molar-refractivity contribution is 8.00. The lowest BCUT2D eigenvalue weighted by Crippen LogP contribution is -2.24. The van der Waals surface area contributed by atoms with Crippen molar-refractivity contribution >= 4 is 17.7 Å². The number of carbonyl (C=O) groups is 1. The normalized spacial score (nSPS) is 13.6. The van der Waals surface area contributed by atoms with Gasteiger partial charge in [0.2, 0.25) is 0 Å². The summed E-state index contributed by atoms with van der Waals surface area (Å²) in [6, 6.07) is 0. The molecule has 0 aliphatic rings. The van der Waals surface area contributed by atoms with E-state index in [2.05, 4.69) is 0 Å². The van der Waals surface area contributed by atoms with Gasteiger partial charge in [-0.3, -0.25) is 4.79 Å². The number of ether oxygens (including phenoxy) is 1. The predicted octanol–water partition coefficient (Wildman–Crippen LogP) is 4.43. The minimum atomic E-state index is -4.04. The maximum Gasteiger partial charge on any atom is 0.389 e. The SMILES string of the molecule is COC(=O)C(SCCCCCCC(F)(F)F)C(C)C. The molecule has 0 aromatic heterocycles. The Bertz CT molecular complexity index is 255. The highest BCUT2D eigenvalue weighted by Crippen LogP contribution is 2.24. The summed E-state index contributed by atoms with van der Waals surface area (Å²) >= 11 is 1.53. The average molecular weight is 300 g/mol. The molecule has 0 heterocycles. The van der Waals surface area contributed by atoms with Crippen molar-refractivity contribution in [2.75, 3.05) is 12.9 Å². The molecule has 1 unspecified atom stereocenters. The first-order valence-electron chi connectivity index (χ1n) is 6.54. The van der Waals surface area contributed by atoms with Gasteiger partial charge in [-0.15, -0.1) is 11.8 Å². The third kappa shape index (κ3) is 10.1. The van der Waals surface area contributed by atoms with Crippen LogP contribution in [0.5, 0.6) is 0 Å². The van der Waals surface area contributed by atoms with Gasteiger partial charge >= 0.3 is 12.1 Å². The molecule has 0 rings (SSSR count). The molecule has 0 N–H and O–H groups in total. The van der Waals surface area contributed by atoms with Crippen molar-refractivity contribution in [2.24, 2.45) is 5.92 Å². The summed E-state index contributed by atoms with van der Waals surface area (Å²) in [5, 5.41) is -0.180. The largest absolute Gasteiger partial charge is 0.468 e. The molecule has 114 valence electrons. The molecule has 0 aliphatic carbocycles. The molecule has 2 nitrogen and oxygen atoms in total. The summed E-state index contributed by atoms with van der Waals surface area (Å²) in [6.07, 6.45) is -2.35. The van der Waals surface area contributed by atoms with Crippen molar-refractivity contribution in [3.63, 3.8) is 0 Å². The molecule has 19 heavy (non-hydrogen) atoms. The van der Waals surface area contributed by atoms with Gasteiger partial charge in [-0.25, -0.2) is 0 Å². The predicted molar refractivity (Wildman–Crippen MR) is 72.2 cm³/mol. The summed E-state index contributed by atoms with van der Waals surface area (Å²) in [7, 11) is 1.37. The first-order chi connectivity index (χ1) is 8.78. The quantitative estimate of drug-likeness (QED) is 0.465. The van der Waals surface area contributed by atoms with Crippen LogP contribution >= 0.6 is 11.8 Å². The highest BCUT2D eigenvalue weighted by atomic mass is 32.2. The van der Waals surface area contributed by atoms with Gasteiger partial charge in [0.05, 0.1) is 7.11 Å². The first kappa shape index (κ1) is 18.6. The van der Waals surface area contributed by atoms with E-state index >= 15 is 0 Å². The number of hydrogen-bond donors (Lipinski definition) is 0. The Morgan fingerprint density at radius 1 is 1.16 bits per heavy atom. The van der Waals surface area contributed by atoms with Crippen molar-refractivity contribution < 1.29 is 22.7 Å². The van der Waals surface area contributed by atoms with Crippen molar-refractivity contribution in [3.05, 3.63) is 0 Å². The second-order valence-electron chi connectivity index (χ2n) is 4.84. The van der Waals surface area contributed by atoms with E-state index in [0.29, 0.717) is 6.42 Å². The van der Waals surface area contributed by atoms with Crippen molar-refractivity contribution in [2.45, 2.75) is 57.4 Å². The van der Waals surface area contributed by atoms with Crippen LogP contribution in [0.2, 0.25) is 0 Å². The molecule has 0 aromatic carbocycles. The number of methoxy groups -OCH3 is 1. The number of unbranched alkanes of at least 4 members (excludes halogenated alkanes) is 3. The monoisotopic (exact) mass is 300 g/mol. The van der Waals surface area contributed by atoms with Crippen molar-refractivity contribution in [3.8, 4) is 0 Å². The maximum absolute atomic E-state index is 11.9. The Hall–Kier alpha value is -0.390. The van der Waals surface area contributed by atoms with Crippen LogP contribution < -0.4 is 0 Å². The van der Waals surface area contributed by atoms with E-state index in [1.54, 1.807) is 0 Å². The Morgan fingerprint density at radius 2 is 1.74 bits per heavy atom. The lowest BCUT2D eigenvalue weighted by atomic mass is 10.1. The molecule has 0 aliphatic heterocycles.